The quantitative estimate of drug-likeness (QED) is 0.863. The van der Waals surface area contributed by atoms with Crippen LogP contribution in [0.15, 0.2) is 18.2 Å². The van der Waals surface area contributed by atoms with Gasteiger partial charge in [0.05, 0.1) is 5.75 Å². The standard InChI is InChI=1S/C14H21NO4S/c1-3-15-12(7-10-20(2,16)17)11-5-4-6-13-14(11)19-9-8-18-13/h4-6,12,15H,3,7-10H2,1-2H3. The second-order valence-corrected chi connectivity index (χ2v) is 7.16. The minimum Gasteiger partial charge on any atom is -0.486 e. The van der Waals surface area contributed by atoms with E-state index < -0.39 is 9.84 Å². The van der Waals surface area contributed by atoms with Gasteiger partial charge in [-0.25, -0.2) is 8.42 Å². The van der Waals surface area contributed by atoms with Gasteiger partial charge in [0.1, 0.15) is 23.1 Å². The molecule has 1 aliphatic rings. The van der Waals surface area contributed by atoms with Crippen LogP contribution in [0.2, 0.25) is 0 Å². The number of para-hydroxylation sites is 1. The van der Waals surface area contributed by atoms with Crippen molar-refractivity contribution in [1.29, 1.82) is 0 Å². The van der Waals surface area contributed by atoms with Crippen LogP contribution in [0, 0.1) is 0 Å². The summed E-state index contributed by atoms with van der Waals surface area (Å²) in [6, 6.07) is 5.69. The molecule has 20 heavy (non-hydrogen) atoms. The fourth-order valence-corrected chi connectivity index (χ4v) is 2.98. The Balaban J connectivity index is 2.24. The highest BCUT2D eigenvalue weighted by Gasteiger charge is 2.22. The molecule has 5 nitrogen and oxygen atoms in total. The summed E-state index contributed by atoms with van der Waals surface area (Å²) in [5.74, 6) is 1.61. The van der Waals surface area contributed by atoms with Crippen LogP contribution >= 0.6 is 0 Å². The van der Waals surface area contributed by atoms with Crippen molar-refractivity contribution in [3.05, 3.63) is 23.8 Å². The average molecular weight is 299 g/mol. The molecule has 1 unspecified atom stereocenters. The van der Waals surface area contributed by atoms with Gasteiger partial charge >= 0.3 is 0 Å². The normalized spacial score (nSPS) is 15.9. The lowest BCUT2D eigenvalue weighted by Crippen LogP contribution is -2.25. The highest BCUT2D eigenvalue weighted by atomic mass is 32.2. The molecule has 1 N–H and O–H groups in total. The van der Waals surface area contributed by atoms with Crippen LogP contribution in [0.5, 0.6) is 11.5 Å². The van der Waals surface area contributed by atoms with Crippen molar-refractivity contribution in [2.75, 3.05) is 31.8 Å². The summed E-state index contributed by atoms with van der Waals surface area (Å²) >= 11 is 0. The van der Waals surface area contributed by atoms with E-state index in [9.17, 15) is 8.42 Å². The lowest BCUT2D eigenvalue weighted by molar-refractivity contribution is 0.168. The minimum absolute atomic E-state index is 0.0497. The molecular weight excluding hydrogens is 278 g/mol. The average Bonchev–Trinajstić information content (AvgIpc) is 2.42. The maximum absolute atomic E-state index is 11.4. The molecule has 1 atom stereocenters. The molecule has 0 radical (unpaired) electrons. The zero-order valence-corrected chi connectivity index (χ0v) is 12.7. The number of nitrogens with one attached hydrogen (secondary N) is 1. The van der Waals surface area contributed by atoms with Gasteiger partial charge in [-0.3, -0.25) is 0 Å². The van der Waals surface area contributed by atoms with Gasteiger partial charge in [-0.05, 0) is 19.0 Å². The zero-order valence-electron chi connectivity index (χ0n) is 11.9. The Labute approximate surface area is 120 Å². The third kappa shape index (κ3) is 3.86. The molecule has 6 heteroatoms. The highest BCUT2D eigenvalue weighted by Crippen LogP contribution is 2.37. The van der Waals surface area contributed by atoms with Gasteiger partial charge < -0.3 is 14.8 Å². The Bertz CT molecular complexity index is 556. The third-order valence-electron chi connectivity index (χ3n) is 3.20. The van der Waals surface area contributed by atoms with E-state index in [0.717, 1.165) is 23.6 Å². The number of sulfone groups is 1. The molecule has 0 spiro atoms. The first kappa shape index (κ1) is 15.1. The summed E-state index contributed by atoms with van der Waals surface area (Å²) in [4.78, 5) is 0. The van der Waals surface area contributed by atoms with Crippen molar-refractivity contribution in [3.8, 4) is 11.5 Å². The van der Waals surface area contributed by atoms with Gasteiger partial charge in [-0.1, -0.05) is 19.1 Å². The Morgan fingerprint density at radius 3 is 2.75 bits per heavy atom. The summed E-state index contributed by atoms with van der Waals surface area (Å²) in [6.45, 7) is 3.83. The van der Waals surface area contributed by atoms with Gasteiger partial charge in [-0.2, -0.15) is 0 Å². The topological polar surface area (TPSA) is 64.6 Å². The zero-order chi connectivity index (χ0) is 14.6. The summed E-state index contributed by atoms with van der Waals surface area (Å²) in [6.07, 6.45) is 1.78. The maximum Gasteiger partial charge on any atom is 0.166 e. The van der Waals surface area contributed by atoms with Crippen molar-refractivity contribution in [2.45, 2.75) is 19.4 Å². The van der Waals surface area contributed by atoms with E-state index in [1.165, 1.54) is 6.26 Å². The van der Waals surface area contributed by atoms with Crippen molar-refractivity contribution >= 4 is 9.84 Å². The molecule has 112 valence electrons. The second-order valence-electron chi connectivity index (χ2n) is 4.90. The van der Waals surface area contributed by atoms with E-state index in [2.05, 4.69) is 5.32 Å². The van der Waals surface area contributed by atoms with Crippen molar-refractivity contribution < 1.29 is 17.9 Å². The lowest BCUT2D eigenvalue weighted by Gasteiger charge is -2.25. The third-order valence-corrected chi connectivity index (χ3v) is 4.18. The molecule has 1 aromatic rings. The number of rotatable bonds is 6. The van der Waals surface area contributed by atoms with Crippen LogP contribution in [-0.2, 0) is 9.84 Å². The number of ether oxygens (including phenoxy) is 2. The van der Waals surface area contributed by atoms with Gasteiger partial charge in [0.2, 0.25) is 0 Å². The molecule has 0 bridgehead atoms. The van der Waals surface area contributed by atoms with Crippen molar-refractivity contribution in [2.24, 2.45) is 0 Å². The Morgan fingerprint density at radius 1 is 1.30 bits per heavy atom. The lowest BCUT2D eigenvalue weighted by atomic mass is 10.0. The summed E-state index contributed by atoms with van der Waals surface area (Å²) in [5, 5.41) is 3.32. The summed E-state index contributed by atoms with van der Waals surface area (Å²) in [5.41, 5.74) is 0.965. The molecule has 1 aliphatic heterocycles. The van der Waals surface area contributed by atoms with Crippen LogP contribution in [0.3, 0.4) is 0 Å². The molecule has 2 rings (SSSR count). The molecule has 0 saturated heterocycles. The van der Waals surface area contributed by atoms with Crippen LogP contribution in [-0.4, -0.2) is 40.2 Å². The Kier molecular flexibility index (Phi) is 4.88. The number of benzene rings is 1. The van der Waals surface area contributed by atoms with E-state index in [4.69, 9.17) is 9.47 Å². The largest absolute Gasteiger partial charge is 0.486 e. The number of fused-ring (bicyclic) bond motifs is 1. The van der Waals surface area contributed by atoms with Crippen LogP contribution < -0.4 is 14.8 Å². The molecule has 0 fully saturated rings. The van der Waals surface area contributed by atoms with E-state index in [0.29, 0.717) is 19.6 Å². The maximum atomic E-state index is 11.4. The van der Waals surface area contributed by atoms with Gasteiger partial charge in [0.25, 0.3) is 0 Å². The van der Waals surface area contributed by atoms with E-state index in [1.807, 2.05) is 25.1 Å². The van der Waals surface area contributed by atoms with Gasteiger partial charge in [0.15, 0.2) is 11.5 Å². The van der Waals surface area contributed by atoms with Crippen molar-refractivity contribution in [3.63, 3.8) is 0 Å². The smallest absolute Gasteiger partial charge is 0.166 e. The molecular formula is C14H21NO4S. The van der Waals surface area contributed by atoms with Crippen LogP contribution in [0.1, 0.15) is 24.9 Å². The van der Waals surface area contributed by atoms with Gasteiger partial charge in [0, 0.05) is 17.9 Å². The highest BCUT2D eigenvalue weighted by molar-refractivity contribution is 7.90. The summed E-state index contributed by atoms with van der Waals surface area (Å²) < 4.78 is 34.0. The second kappa shape index (κ2) is 6.45. The van der Waals surface area contributed by atoms with E-state index in [-0.39, 0.29) is 11.8 Å². The monoisotopic (exact) mass is 299 g/mol. The SMILES string of the molecule is CCNC(CCS(C)(=O)=O)c1cccc2c1OCCO2. The first-order valence-corrected chi connectivity index (χ1v) is 8.87. The van der Waals surface area contributed by atoms with Crippen molar-refractivity contribution in [1.82, 2.24) is 5.32 Å². The Morgan fingerprint density at radius 2 is 2.05 bits per heavy atom. The van der Waals surface area contributed by atoms with E-state index in [1.54, 1.807) is 0 Å². The minimum atomic E-state index is -2.98. The predicted molar refractivity (Wildman–Crippen MR) is 78.2 cm³/mol. The number of hydrogen-bond acceptors (Lipinski definition) is 5. The number of hydrogen-bond donors (Lipinski definition) is 1. The van der Waals surface area contributed by atoms with Crippen LogP contribution in [0.4, 0.5) is 0 Å². The molecule has 1 heterocycles. The molecule has 0 aliphatic carbocycles. The Hall–Kier alpha value is -1.27. The first-order valence-electron chi connectivity index (χ1n) is 6.81. The fraction of sp³-hybridized carbons (Fsp3) is 0.571. The predicted octanol–water partition coefficient (Wildman–Crippen LogP) is 1.54. The molecule has 0 aromatic heterocycles. The first-order chi connectivity index (χ1) is 9.51. The van der Waals surface area contributed by atoms with Crippen LogP contribution in [0.25, 0.3) is 0 Å². The molecule has 0 saturated carbocycles. The summed E-state index contributed by atoms with van der Waals surface area (Å²) in [7, 11) is -2.98. The fourth-order valence-electron chi connectivity index (χ4n) is 2.32. The van der Waals surface area contributed by atoms with Gasteiger partial charge in [-0.15, -0.1) is 0 Å². The van der Waals surface area contributed by atoms with E-state index >= 15 is 0 Å². The molecule has 0 amide bonds. The molecule has 1 aromatic carbocycles.